The highest BCUT2D eigenvalue weighted by Gasteiger charge is 2.32. The lowest BCUT2D eigenvalue weighted by Crippen LogP contribution is -2.46. The molecule has 1 N–H and O–H groups in total. The first-order valence-electron chi connectivity index (χ1n) is 9.85. The standard InChI is InChI=1S/C21H23FN2O5S/c22-16-5-7-18(8-6-16)30(26,27)24-11-9-15(10-12-24)21(25)23-13-17-14-28-19-3-1-2-4-20(19)29-17/h1-8,15,17H,9-14H2,(H,23,25)/t17-/m0/s1. The predicted molar refractivity (Wildman–Crippen MR) is 107 cm³/mol. The zero-order chi connectivity index (χ0) is 21.1. The number of benzene rings is 2. The Hall–Kier alpha value is -2.65. The molecule has 2 aliphatic heterocycles. The van der Waals surface area contributed by atoms with E-state index in [1.165, 1.54) is 16.4 Å². The highest BCUT2D eigenvalue weighted by Crippen LogP contribution is 2.30. The number of halogens is 1. The van der Waals surface area contributed by atoms with Gasteiger partial charge in [-0.3, -0.25) is 4.79 Å². The first-order chi connectivity index (χ1) is 14.4. The third-order valence-corrected chi connectivity index (χ3v) is 7.26. The number of amides is 1. The first kappa shape index (κ1) is 20.6. The van der Waals surface area contributed by atoms with E-state index in [4.69, 9.17) is 9.47 Å². The van der Waals surface area contributed by atoms with E-state index in [1.54, 1.807) is 0 Å². The van der Waals surface area contributed by atoms with E-state index in [0.717, 1.165) is 12.1 Å². The van der Waals surface area contributed by atoms with Gasteiger partial charge in [-0.05, 0) is 49.2 Å². The number of hydrogen-bond donors (Lipinski definition) is 1. The molecule has 0 bridgehead atoms. The van der Waals surface area contributed by atoms with Crippen LogP contribution in [-0.4, -0.2) is 51.0 Å². The molecule has 160 valence electrons. The lowest BCUT2D eigenvalue weighted by molar-refractivity contribution is -0.126. The van der Waals surface area contributed by atoms with Crippen LogP contribution in [0.5, 0.6) is 11.5 Å². The molecule has 0 saturated carbocycles. The molecule has 7 nitrogen and oxygen atoms in total. The van der Waals surface area contributed by atoms with Crippen LogP contribution in [0.15, 0.2) is 53.4 Å². The topological polar surface area (TPSA) is 84.9 Å². The van der Waals surface area contributed by atoms with Crippen molar-refractivity contribution >= 4 is 15.9 Å². The second-order valence-electron chi connectivity index (χ2n) is 7.38. The van der Waals surface area contributed by atoms with Crippen molar-refractivity contribution in [1.29, 1.82) is 0 Å². The van der Waals surface area contributed by atoms with Gasteiger partial charge >= 0.3 is 0 Å². The van der Waals surface area contributed by atoms with Gasteiger partial charge in [0.15, 0.2) is 11.5 Å². The number of nitrogens with zero attached hydrogens (tertiary/aromatic N) is 1. The van der Waals surface area contributed by atoms with Crippen LogP contribution < -0.4 is 14.8 Å². The average molecular weight is 434 g/mol. The molecule has 0 spiro atoms. The molecular weight excluding hydrogens is 411 g/mol. The molecule has 0 radical (unpaired) electrons. The minimum atomic E-state index is -3.69. The smallest absolute Gasteiger partial charge is 0.243 e. The van der Waals surface area contributed by atoms with Crippen LogP contribution >= 0.6 is 0 Å². The number of rotatable bonds is 5. The van der Waals surface area contributed by atoms with Crippen LogP contribution in [0, 0.1) is 11.7 Å². The number of sulfonamides is 1. The van der Waals surface area contributed by atoms with Crippen LogP contribution in [0.25, 0.3) is 0 Å². The first-order valence-corrected chi connectivity index (χ1v) is 11.3. The second kappa shape index (κ2) is 8.61. The Kier molecular flexibility index (Phi) is 5.92. The summed E-state index contributed by atoms with van der Waals surface area (Å²) in [7, 11) is -3.69. The maximum absolute atomic E-state index is 13.1. The Morgan fingerprint density at radius 3 is 2.43 bits per heavy atom. The van der Waals surface area contributed by atoms with Crippen molar-refractivity contribution < 1.29 is 27.1 Å². The van der Waals surface area contributed by atoms with Gasteiger partial charge in [0, 0.05) is 19.0 Å². The Balaban J connectivity index is 1.27. The van der Waals surface area contributed by atoms with Crippen LogP contribution in [0.2, 0.25) is 0 Å². The largest absolute Gasteiger partial charge is 0.486 e. The van der Waals surface area contributed by atoms with E-state index >= 15 is 0 Å². The Bertz CT molecular complexity index is 1000. The molecule has 2 aliphatic rings. The molecular formula is C21H23FN2O5S. The lowest BCUT2D eigenvalue weighted by Gasteiger charge is -2.31. The maximum atomic E-state index is 13.1. The Morgan fingerprint density at radius 1 is 1.07 bits per heavy atom. The number of fused-ring (bicyclic) bond motifs is 1. The summed E-state index contributed by atoms with van der Waals surface area (Å²) < 4.78 is 51.3. The molecule has 2 heterocycles. The number of carbonyl (C=O) groups excluding carboxylic acids is 1. The molecule has 0 aliphatic carbocycles. The molecule has 1 fully saturated rings. The fourth-order valence-electron chi connectivity index (χ4n) is 3.64. The number of carbonyl (C=O) groups is 1. The maximum Gasteiger partial charge on any atom is 0.243 e. The summed E-state index contributed by atoms with van der Waals surface area (Å²) in [6.45, 7) is 1.16. The monoisotopic (exact) mass is 434 g/mol. The molecule has 30 heavy (non-hydrogen) atoms. The van der Waals surface area contributed by atoms with Gasteiger partial charge in [0.05, 0.1) is 11.4 Å². The van der Waals surface area contributed by atoms with Crippen molar-refractivity contribution in [3.05, 3.63) is 54.3 Å². The van der Waals surface area contributed by atoms with E-state index < -0.39 is 15.8 Å². The molecule has 0 unspecified atom stereocenters. The Morgan fingerprint density at radius 2 is 1.73 bits per heavy atom. The van der Waals surface area contributed by atoms with Crippen molar-refractivity contribution in [2.45, 2.75) is 23.8 Å². The van der Waals surface area contributed by atoms with Crippen molar-refractivity contribution in [3.63, 3.8) is 0 Å². The van der Waals surface area contributed by atoms with Crippen LogP contribution in [0.1, 0.15) is 12.8 Å². The number of para-hydroxylation sites is 2. The van der Waals surface area contributed by atoms with Crippen molar-refractivity contribution in [2.24, 2.45) is 5.92 Å². The van der Waals surface area contributed by atoms with Crippen LogP contribution in [0.4, 0.5) is 4.39 Å². The minimum Gasteiger partial charge on any atom is -0.486 e. The molecule has 1 saturated heterocycles. The third kappa shape index (κ3) is 4.41. The SMILES string of the molecule is O=C(NC[C@H]1COc2ccccc2O1)C1CCN(S(=O)(=O)c2ccc(F)cc2)CC1. The zero-order valence-corrected chi connectivity index (χ0v) is 17.1. The summed E-state index contributed by atoms with van der Waals surface area (Å²) in [5, 5.41) is 2.89. The fraction of sp³-hybridized carbons (Fsp3) is 0.381. The van der Waals surface area contributed by atoms with Gasteiger partial charge in [-0.2, -0.15) is 4.31 Å². The molecule has 1 amide bonds. The van der Waals surface area contributed by atoms with E-state index in [0.29, 0.717) is 37.5 Å². The summed E-state index contributed by atoms with van der Waals surface area (Å²) in [5.41, 5.74) is 0. The molecule has 1 atom stereocenters. The van der Waals surface area contributed by atoms with Gasteiger partial charge in [0.2, 0.25) is 15.9 Å². The van der Waals surface area contributed by atoms with Crippen molar-refractivity contribution in [2.75, 3.05) is 26.2 Å². The molecule has 0 aromatic heterocycles. The highest BCUT2D eigenvalue weighted by molar-refractivity contribution is 7.89. The zero-order valence-electron chi connectivity index (χ0n) is 16.3. The quantitative estimate of drug-likeness (QED) is 0.780. The molecule has 4 rings (SSSR count). The van der Waals surface area contributed by atoms with E-state index in [9.17, 15) is 17.6 Å². The predicted octanol–water partition coefficient (Wildman–Crippen LogP) is 2.18. The van der Waals surface area contributed by atoms with E-state index in [2.05, 4.69) is 5.32 Å². The van der Waals surface area contributed by atoms with Gasteiger partial charge in [-0.1, -0.05) is 12.1 Å². The summed E-state index contributed by atoms with van der Waals surface area (Å²) >= 11 is 0. The van der Waals surface area contributed by atoms with E-state index in [-0.39, 0.29) is 35.9 Å². The average Bonchev–Trinajstić information content (AvgIpc) is 2.77. The minimum absolute atomic E-state index is 0.0570. The molecule has 2 aromatic carbocycles. The summed E-state index contributed by atoms with van der Waals surface area (Å²) in [5.74, 6) is 0.482. The fourth-order valence-corrected chi connectivity index (χ4v) is 5.11. The van der Waals surface area contributed by atoms with Crippen LogP contribution in [0.3, 0.4) is 0 Å². The molecule has 2 aromatic rings. The normalized spacial score (nSPS) is 20.0. The Labute approximate surface area is 174 Å². The number of piperidine rings is 1. The summed E-state index contributed by atoms with van der Waals surface area (Å²) in [6, 6.07) is 12.1. The number of ether oxygens (including phenoxy) is 2. The van der Waals surface area contributed by atoms with Gasteiger partial charge in [-0.25, -0.2) is 12.8 Å². The van der Waals surface area contributed by atoms with Crippen LogP contribution in [-0.2, 0) is 14.8 Å². The third-order valence-electron chi connectivity index (χ3n) is 5.35. The lowest BCUT2D eigenvalue weighted by atomic mass is 9.97. The molecule has 9 heteroatoms. The van der Waals surface area contributed by atoms with Gasteiger partial charge in [0.25, 0.3) is 0 Å². The number of nitrogens with one attached hydrogen (secondary N) is 1. The van der Waals surface area contributed by atoms with E-state index in [1.807, 2.05) is 24.3 Å². The van der Waals surface area contributed by atoms with Gasteiger partial charge in [0.1, 0.15) is 18.5 Å². The summed E-state index contributed by atoms with van der Waals surface area (Å²) in [6.07, 6.45) is 0.580. The van der Waals surface area contributed by atoms with Gasteiger partial charge < -0.3 is 14.8 Å². The van der Waals surface area contributed by atoms with Crippen molar-refractivity contribution in [3.8, 4) is 11.5 Å². The second-order valence-corrected chi connectivity index (χ2v) is 9.31. The van der Waals surface area contributed by atoms with Gasteiger partial charge in [-0.15, -0.1) is 0 Å². The van der Waals surface area contributed by atoms with Crippen molar-refractivity contribution in [1.82, 2.24) is 9.62 Å². The summed E-state index contributed by atoms with van der Waals surface area (Å²) in [4.78, 5) is 12.6. The highest BCUT2D eigenvalue weighted by atomic mass is 32.2. The number of hydrogen-bond acceptors (Lipinski definition) is 5.